The van der Waals surface area contributed by atoms with Gasteiger partial charge < -0.3 is 15.5 Å². The third kappa shape index (κ3) is 7.21. The molecule has 6 nitrogen and oxygen atoms in total. The number of guanidine groups is 1. The lowest BCUT2D eigenvalue weighted by molar-refractivity contribution is 0.0827. The van der Waals surface area contributed by atoms with Gasteiger partial charge in [-0.1, -0.05) is 42.5 Å². The predicted molar refractivity (Wildman–Crippen MR) is 138 cm³/mol. The summed E-state index contributed by atoms with van der Waals surface area (Å²) in [6.07, 6.45) is 2.53. The minimum atomic E-state index is 0. The van der Waals surface area contributed by atoms with Crippen molar-refractivity contribution in [1.29, 1.82) is 0 Å². The SMILES string of the molecule is CN=C(NCc1ccc(C(=O)N(C)C)cc1)NCC(c1ccccc1)N1CCCC1.I. The fraction of sp³-hybridized carbons (Fsp3) is 0.417. The maximum Gasteiger partial charge on any atom is 0.253 e. The molecule has 168 valence electrons. The smallest absolute Gasteiger partial charge is 0.253 e. The zero-order chi connectivity index (χ0) is 21.3. The zero-order valence-corrected chi connectivity index (χ0v) is 21.0. The molecule has 1 unspecified atom stereocenters. The number of nitrogens with one attached hydrogen (secondary N) is 2. The Morgan fingerprint density at radius 3 is 2.26 bits per heavy atom. The minimum absolute atomic E-state index is 0. The van der Waals surface area contributed by atoms with Gasteiger partial charge in [0.1, 0.15) is 0 Å². The Bertz CT molecular complexity index is 833. The summed E-state index contributed by atoms with van der Waals surface area (Å²) in [5.74, 6) is 0.796. The van der Waals surface area contributed by atoms with E-state index in [2.05, 4.69) is 50.9 Å². The number of hydrogen-bond acceptors (Lipinski definition) is 3. The van der Waals surface area contributed by atoms with Crippen LogP contribution in [0.2, 0.25) is 0 Å². The van der Waals surface area contributed by atoms with Crippen LogP contribution in [0.15, 0.2) is 59.6 Å². The van der Waals surface area contributed by atoms with Crippen LogP contribution in [-0.4, -0.2) is 62.4 Å². The molecule has 0 spiro atoms. The molecule has 1 fully saturated rings. The molecule has 1 aliphatic rings. The molecule has 2 aromatic carbocycles. The molecule has 1 aliphatic heterocycles. The van der Waals surface area contributed by atoms with Gasteiger partial charge in [0.05, 0.1) is 6.04 Å². The van der Waals surface area contributed by atoms with Crippen molar-refractivity contribution in [3.05, 3.63) is 71.3 Å². The van der Waals surface area contributed by atoms with E-state index in [4.69, 9.17) is 0 Å². The molecule has 1 amide bonds. The molecular weight excluding hydrogens is 501 g/mol. The molecule has 2 N–H and O–H groups in total. The van der Waals surface area contributed by atoms with Crippen molar-refractivity contribution in [1.82, 2.24) is 20.4 Å². The second kappa shape index (κ2) is 12.7. The van der Waals surface area contributed by atoms with Crippen LogP contribution < -0.4 is 10.6 Å². The molecule has 1 atom stereocenters. The predicted octanol–water partition coefficient (Wildman–Crippen LogP) is 3.51. The van der Waals surface area contributed by atoms with Crippen molar-refractivity contribution in [3.8, 4) is 0 Å². The highest BCUT2D eigenvalue weighted by molar-refractivity contribution is 14.0. The standard InChI is InChI=1S/C24H33N5O.HI/c1-25-24(26-17-19-11-13-21(14-12-19)23(30)28(2)3)27-18-22(29-15-7-8-16-29)20-9-5-4-6-10-20;/h4-6,9-14,22H,7-8,15-18H2,1-3H3,(H2,25,26,27);1H. The Morgan fingerprint density at radius 2 is 1.68 bits per heavy atom. The Hall–Kier alpha value is -2.13. The Labute approximate surface area is 203 Å². The topological polar surface area (TPSA) is 60.0 Å². The molecule has 1 saturated heterocycles. The number of rotatable bonds is 7. The second-order valence-electron chi connectivity index (χ2n) is 7.87. The van der Waals surface area contributed by atoms with Gasteiger partial charge in [0, 0.05) is 39.8 Å². The first kappa shape index (κ1) is 25.1. The van der Waals surface area contributed by atoms with E-state index < -0.39 is 0 Å². The number of halogens is 1. The van der Waals surface area contributed by atoms with Crippen molar-refractivity contribution >= 4 is 35.8 Å². The molecule has 0 aromatic heterocycles. The van der Waals surface area contributed by atoms with Gasteiger partial charge in [-0.3, -0.25) is 14.7 Å². The average Bonchev–Trinajstić information content (AvgIpc) is 3.31. The largest absolute Gasteiger partial charge is 0.354 e. The van der Waals surface area contributed by atoms with Crippen LogP contribution in [0.3, 0.4) is 0 Å². The van der Waals surface area contributed by atoms with Gasteiger partial charge in [0.2, 0.25) is 0 Å². The van der Waals surface area contributed by atoms with Crippen molar-refractivity contribution in [3.63, 3.8) is 0 Å². The van der Waals surface area contributed by atoms with Gasteiger partial charge in [-0.05, 0) is 49.2 Å². The van der Waals surface area contributed by atoms with E-state index in [1.54, 1.807) is 26.0 Å². The minimum Gasteiger partial charge on any atom is -0.354 e. The van der Waals surface area contributed by atoms with Crippen molar-refractivity contribution in [2.24, 2.45) is 4.99 Å². The summed E-state index contributed by atoms with van der Waals surface area (Å²) in [6.45, 7) is 3.74. The third-order valence-corrected chi connectivity index (χ3v) is 5.52. The summed E-state index contributed by atoms with van der Waals surface area (Å²) in [4.78, 5) is 20.5. The molecule has 0 bridgehead atoms. The summed E-state index contributed by atoms with van der Waals surface area (Å²) in [6, 6.07) is 18.7. The van der Waals surface area contributed by atoms with Gasteiger partial charge in [-0.25, -0.2) is 0 Å². The molecule has 3 rings (SSSR count). The highest BCUT2D eigenvalue weighted by Gasteiger charge is 2.23. The molecule has 0 saturated carbocycles. The summed E-state index contributed by atoms with van der Waals surface area (Å²) in [7, 11) is 5.32. The van der Waals surface area contributed by atoms with Crippen LogP contribution in [0.5, 0.6) is 0 Å². The first-order chi connectivity index (χ1) is 14.6. The van der Waals surface area contributed by atoms with Gasteiger partial charge in [0.15, 0.2) is 5.96 Å². The third-order valence-electron chi connectivity index (χ3n) is 5.52. The number of carbonyl (C=O) groups excluding carboxylic acids is 1. The fourth-order valence-electron chi connectivity index (χ4n) is 3.81. The Kier molecular flexibility index (Phi) is 10.3. The van der Waals surface area contributed by atoms with Crippen molar-refractivity contribution in [2.45, 2.75) is 25.4 Å². The molecule has 0 radical (unpaired) electrons. The highest BCUT2D eigenvalue weighted by Crippen LogP contribution is 2.24. The monoisotopic (exact) mass is 535 g/mol. The van der Waals surface area contributed by atoms with Gasteiger partial charge in [-0.15, -0.1) is 24.0 Å². The van der Waals surface area contributed by atoms with Crippen LogP contribution in [0.1, 0.15) is 40.4 Å². The highest BCUT2D eigenvalue weighted by atomic mass is 127. The average molecular weight is 535 g/mol. The first-order valence-corrected chi connectivity index (χ1v) is 10.6. The van der Waals surface area contributed by atoms with Crippen LogP contribution in [0.4, 0.5) is 0 Å². The van der Waals surface area contributed by atoms with Gasteiger partial charge in [0.25, 0.3) is 5.91 Å². The zero-order valence-electron chi connectivity index (χ0n) is 18.7. The first-order valence-electron chi connectivity index (χ1n) is 10.6. The molecule has 7 heteroatoms. The van der Waals surface area contributed by atoms with Crippen molar-refractivity contribution in [2.75, 3.05) is 40.8 Å². The summed E-state index contributed by atoms with van der Waals surface area (Å²) in [5.41, 5.74) is 3.14. The molecule has 1 heterocycles. The number of aliphatic imine (C=N–C) groups is 1. The number of likely N-dealkylation sites (tertiary alicyclic amines) is 1. The van der Waals surface area contributed by atoms with E-state index in [1.807, 2.05) is 24.3 Å². The summed E-state index contributed by atoms with van der Waals surface area (Å²) in [5, 5.41) is 6.88. The molecule has 2 aromatic rings. The number of carbonyl (C=O) groups is 1. The second-order valence-corrected chi connectivity index (χ2v) is 7.87. The maximum atomic E-state index is 12.0. The van der Waals surface area contributed by atoms with Crippen LogP contribution in [0, 0.1) is 0 Å². The van der Waals surface area contributed by atoms with E-state index in [9.17, 15) is 4.79 Å². The molecular formula is C24H34IN5O. The summed E-state index contributed by atoms with van der Waals surface area (Å²) >= 11 is 0. The van der Waals surface area contributed by atoms with E-state index in [0.717, 1.165) is 31.2 Å². The fourth-order valence-corrected chi connectivity index (χ4v) is 3.81. The van der Waals surface area contributed by atoms with Crippen LogP contribution in [-0.2, 0) is 6.54 Å². The number of hydrogen-bond donors (Lipinski definition) is 2. The van der Waals surface area contributed by atoms with Crippen molar-refractivity contribution < 1.29 is 4.79 Å². The Balaban J connectivity index is 0.00000341. The Morgan fingerprint density at radius 1 is 1.03 bits per heavy atom. The molecule has 31 heavy (non-hydrogen) atoms. The lowest BCUT2D eigenvalue weighted by Crippen LogP contribution is -2.42. The van der Waals surface area contributed by atoms with E-state index in [-0.39, 0.29) is 29.9 Å². The number of benzene rings is 2. The van der Waals surface area contributed by atoms with Crippen LogP contribution >= 0.6 is 24.0 Å². The van der Waals surface area contributed by atoms with Gasteiger partial charge in [-0.2, -0.15) is 0 Å². The normalized spacial score (nSPS) is 15.1. The summed E-state index contributed by atoms with van der Waals surface area (Å²) < 4.78 is 0. The maximum absolute atomic E-state index is 12.0. The number of nitrogens with zero attached hydrogens (tertiary/aromatic N) is 3. The van der Waals surface area contributed by atoms with E-state index in [1.165, 1.54) is 18.4 Å². The lowest BCUT2D eigenvalue weighted by Gasteiger charge is -2.29. The lowest BCUT2D eigenvalue weighted by atomic mass is 10.1. The quantitative estimate of drug-likeness (QED) is 0.324. The number of amides is 1. The van der Waals surface area contributed by atoms with E-state index >= 15 is 0 Å². The van der Waals surface area contributed by atoms with Crippen LogP contribution in [0.25, 0.3) is 0 Å². The van der Waals surface area contributed by atoms with E-state index in [0.29, 0.717) is 18.2 Å². The molecule has 0 aliphatic carbocycles. The van der Waals surface area contributed by atoms with Gasteiger partial charge >= 0.3 is 0 Å².